The molecule has 4 heteroatoms. The normalized spacial score (nSPS) is 11.4. The second kappa shape index (κ2) is 5.03. The molecule has 0 fully saturated rings. The predicted octanol–water partition coefficient (Wildman–Crippen LogP) is 0.545. The van der Waals surface area contributed by atoms with Crippen LogP contribution in [-0.2, 0) is 14.3 Å². The van der Waals surface area contributed by atoms with E-state index in [0.29, 0.717) is 0 Å². The molecule has 0 aromatic rings. The molecule has 10 heavy (non-hydrogen) atoms. The third-order valence-corrected chi connectivity index (χ3v) is 1.03. The number of hydrogen-bond acceptors (Lipinski definition) is 3. The van der Waals surface area contributed by atoms with Crippen LogP contribution in [-0.4, -0.2) is 23.9 Å². The lowest BCUT2D eigenvalue weighted by Gasteiger charge is -2.00. The Kier molecular flexibility index (Phi) is 4.63. The summed E-state index contributed by atoms with van der Waals surface area (Å²) in [6.07, 6.45) is 0.902. The summed E-state index contributed by atoms with van der Waals surface area (Å²) in [4.78, 5) is 20.2. The maximum atomic E-state index is 10.6. The molecule has 0 saturated heterocycles. The lowest BCUT2D eigenvalue weighted by Crippen LogP contribution is -2.15. The molecule has 3 nitrogen and oxygen atoms in total. The van der Waals surface area contributed by atoms with E-state index in [1.807, 2.05) is 0 Å². The Labute approximate surface area is 63.6 Å². The van der Waals surface area contributed by atoms with Crippen molar-refractivity contribution < 1.29 is 14.3 Å². The molecular weight excluding hydrogens is 156 g/mol. The Morgan fingerprint density at radius 1 is 1.90 bits per heavy atom. The topological polar surface area (TPSA) is 43.4 Å². The fourth-order valence-electron chi connectivity index (χ4n) is 0.350. The van der Waals surface area contributed by atoms with Crippen LogP contribution in [0.25, 0.3) is 0 Å². The highest BCUT2D eigenvalue weighted by Crippen LogP contribution is 1.98. The van der Waals surface area contributed by atoms with E-state index in [1.54, 1.807) is 6.92 Å². The van der Waals surface area contributed by atoms with Gasteiger partial charge in [-0.1, -0.05) is 0 Å². The van der Waals surface area contributed by atoms with Crippen LogP contribution in [0.4, 0.5) is 0 Å². The molecule has 56 valence electrons. The van der Waals surface area contributed by atoms with Gasteiger partial charge >= 0.3 is 5.97 Å². The second-order valence-corrected chi connectivity index (χ2v) is 1.91. The van der Waals surface area contributed by atoms with E-state index in [-0.39, 0.29) is 6.61 Å². The van der Waals surface area contributed by atoms with E-state index in [0.717, 1.165) is 6.08 Å². The van der Waals surface area contributed by atoms with Gasteiger partial charge in [0.05, 0.1) is 6.61 Å². The monoisotopic (exact) mass is 162 g/mol. The Morgan fingerprint density at radius 3 is 2.90 bits per heavy atom. The average molecular weight is 163 g/mol. The fourth-order valence-corrected chi connectivity index (χ4v) is 0.464. The Bertz CT molecular complexity index is 160. The van der Waals surface area contributed by atoms with Crippen LogP contribution in [0.5, 0.6) is 0 Å². The first-order chi connectivity index (χ1) is 4.72. The summed E-state index contributed by atoms with van der Waals surface area (Å²) in [6, 6.07) is 0. The van der Waals surface area contributed by atoms with Crippen LogP contribution in [0.1, 0.15) is 6.92 Å². The Morgan fingerprint density at radius 2 is 2.50 bits per heavy atom. The van der Waals surface area contributed by atoms with Crippen molar-refractivity contribution in [1.29, 1.82) is 0 Å². The molecule has 0 aliphatic heterocycles. The second-order valence-electron chi connectivity index (χ2n) is 1.44. The summed E-state index contributed by atoms with van der Waals surface area (Å²) < 4.78 is 4.48. The number of ether oxygens (including phenoxy) is 1. The number of rotatable bonds is 3. The maximum Gasteiger partial charge on any atom is 0.328 e. The molecule has 0 aromatic heterocycles. The summed E-state index contributed by atoms with van der Waals surface area (Å²) in [7, 11) is 0. The van der Waals surface area contributed by atoms with Gasteiger partial charge in [-0.15, -0.1) is 11.6 Å². The van der Waals surface area contributed by atoms with E-state index in [9.17, 15) is 9.59 Å². The van der Waals surface area contributed by atoms with Crippen LogP contribution >= 0.6 is 11.6 Å². The smallest absolute Gasteiger partial charge is 0.328 e. The van der Waals surface area contributed by atoms with Crippen LogP contribution in [0.15, 0.2) is 6.08 Å². The molecule has 0 amide bonds. The standard InChI is InChI=1S/C6H7ClO3/c1-2-10-6(9)5(7)3-4-8/h3,5H,2H2,1H3. The highest BCUT2D eigenvalue weighted by molar-refractivity contribution is 6.31. The predicted molar refractivity (Wildman–Crippen MR) is 36.5 cm³/mol. The van der Waals surface area contributed by atoms with Crippen molar-refractivity contribution in [1.82, 2.24) is 0 Å². The summed E-state index contributed by atoms with van der Waals surface area (Å²) in [5.41, 5.74) is 0. The summed E-state index contributed by atoms with van der Waals surface area (Å²) >= 11 is 5.32. The maximum absolute atomic E-state index is 10.6. The number of halogens is 1. The van der Waals surface area contributed by atoms with Gasteiger partial charge in [0.25, 0.3) is 0 Å². The van der Waals surface area contributed by atoms with Crippen molar-refractivity contribution >= 4 is 23.5 Å². The van der Waals surface area contributed by atoms with Gasteiger partial charge in [-0.2, -0.15) is 0 Å². The molecule has 0 radical (unpaired) electrons. The Balaban J connectivity index is 3.81. The average Bonchev–Trinajstić information content (AvgIpc) is 1.89. The van der Waals surface area contributed by atoms with Crippen LogP contribution in [0.3, 0.4) is 0 Å². The van der Waals surface area contributed by atoms with Gasteiger partial charge in [-0.05, 0) is 6.92 Å². The van der Waals surface area contributed by atoms with Crippen LogP contribution < -0.4 is 0 Å². The van der Waals surface area contributed by atoms with Crippen molar-refractivity contribution in [3.63, 3.8) is 0 Å². The van der Waals surface area contributed by atoms with Crippen LogP contribution in [0, 0.1) is 0 Å². The molecule has 1 unspecified atom stereocenters. The minimum absolute atomic E-state index is 0.259. The summed E-state index contributed by atoms with van der Waals surface area (Å²) in [5, 5.41) is -1.00. The van der Waals surface area contributed by atoms with Crippen molar-refractivity contribution in [3.8, 4) is 0 Å². The zero-order chi connectivity index (χ0) is 7.98. The van der Waals surface area contributed by atoms with E-state index < -0.39 is 11.3 Å². The molecule has 0 bridgehead atoms. The number of hydrogen-bond donors (Lipinski definition) is 0. The van der Waals surface area contributed by atoms with E-state index in [4.69, 9.17) is 11.6 Å². The molecule has 0 rings (SSSR count). The molecule has 1 atom stereocenters. The minimum Gasteiger partial charge on any atom is -0.465 e. The first-order valence-corrected chi connectivity index (χ1v) is 3.17. The van der Waals surface area contributed by atoms with Crippen LogP contribution in [0.2, 0.25) is 0 Å². The van der Waals surface area contributed by atoms with Crippen molar-refractivity contribution in [3.05, 3.63) is 6.08 Å². The molecule has 0 aliphatic rings. The minimum atomic E-state index is -1.00. The largest absolute Gasteiger partial charge is 0.465 e. The van der Waals surface area contributed by atoms with Gasteiger partial charge in [-0.25, -0.2) is 4.79 Å². The van der Waals surface area contributed by atoms with E-state index in [1.165, 1.54) is 5.94 Å². The number of esters is 1. The Hall–Kier alpha value is -0.790. The quantitative estimate of drug-likeness (QED) is 0.346. The van der Waals surface area contributed by atoms with Gasteiger partial charge < -0.3 is 4.74 Å². The number of carbonyl (C=O) groups excluding carboxylic acids is 2. The van der Waals surface area contributed by atoms with Crippen molar-refractivity contribution in [2.75, 3.05) is 6.61 Å². The van der Waals surface area contributed by atoms with Crippen molar-refractivity contribution in [2.24, 2.45) is 0 Å². The van der Waals surface area contributed by atoms with Gasteiger partial charge in [0.2, 0.25) is 0 Å². The highest BCUT2D eigenvalue weighted by atomic mass is 35.5. The molecule has 0 spiro atoms. The zero-order valence-electron chi connectivity index (χ0n) is 5.46. The summed E-state index contributed by atoms with van der Waals surface area (Å²) in [6.45, 7) is 1.92. The molecule has 0 N–H and O–H groups in total. The number of carbonyl (C=O) groups is 1. The fraction of sp³-hybridized carbons (Fsp3) is 0.500. The van der Waals surface area contributed by atoms with Gasteiger partial charge in [-0.3, -0.25) is 4.79 Å². The van der Waals surface area contributed by atoms with Gasteiger partial charge in [0.15, 0.2) is 5.38 Å². The molecule has 0 aliphatic carbocycles. The molecule has 0 aromatic carbocycles. The first-order valence-electron chi connectivity index (χ1n) is 2.74. The first kappa shape index (κ1) is 9.21. The SMILES string of the molecule is CCOC(=O)C(Cl)C=C=O. The van der Waals surface area contributed by atoms with Gasteiger partial charge in [0, 0.05) is 6.08 Å². The van der Waals surface area contributed by atoms with Gasteiger partial charge in [0.1, 0.15) is 5.94 Å². The highest BCUT2D eigenvalue weighted by Gasteiger charge is 2.12. The lowest BCUT2D eigenvalue weighted by molar-refractivity contribution is -0.141. The molecular formula is C6H7ClO3. The number of alkyl halides is 1. The lowest BCUT2D eigenvalue weighted by atomic mass is 10.4. The molecule has 0 saturated carbocycles. The third kappa shape index (κ3) is 3.28. The molecule has 0 heterocycles. The van der Waals surface area contributed by atoms with E-state index >= 15 is 0 Å². The van der Waals surface area contributed by atoms with Crippen molar-refractivity contribution in [2.45, 2.75) is 12.3 Å². The zero-order valence-corrected chi connectivity index (χ0v) is 6.22. The van der Waals surface area contributed by atoms with E-state index in [2.05, 4.69) is 4.74 Å². The summed E-state index contributed by atoms with van der Waals surface area (Å²) in [5.74, 6) is 0.781. The third-order valence-electron chi connectivity index (χ3n) is 0.726.